The van der Waals surface area contributed by atoms with Crippen molar-refractivity contribution in [3.63, 3.8) is 0 Å². The first-order valence-corrected chi connectivity index (χ1v) is 16.5. The van der Waals surface area contributed by atoms with Crippen LogP contribution in [0.3, 0.4) is 0 Å². The first-order chi connectivity index (χ1) is 21.4. The minimum atomic E-state index is -0.681. The topological polar surface area (TPSA) is 124 Å². The average molecular weight is 626 g/mol. The number of likely N-dealkylation sites (tertiary alicyclic amines) is 1. The number of carbonyl (C=O) groups excluding carboxylic acids is 3. The van der Waals surface area contributed by atoms with Crippen molar-refractivity contribution in [3.05, 3.63) is 28.7 Å². The number of aromatic nitrogens is 2. The third-order valence-electron chi connectivity index (χ3n) is 9.64. The molecule has 0 radical (unpaired) electrons. The standard InChI is InChI=1S/C33H47N5O7/c1-33(2,3)45-32(42)37-15-9-23(10-16-37)43-20-21-17-25(18-21)44-24-11-13-36(14-12-24)22-5-6-26-28(19-22)35(4)31(41)38(26)27-7-8-29(39)34-30(27)40/h5-6,19,21,23-25,27H,7-18,20H2,1-4H3,(H,34,39,40). The third kappa shape index (κ3) is 7.06. The fourth-order valence-electron chi connectivity index (χ4n) is 7.03. The second kappa shape index (κ2) is 12.8. The van der Waals surface area contributed by atoms with Crippen LogP contribution in [0, 0.1) is 5.92 Å². The summed E-state index contributed by atoms with van der Waals surface area (Å²) in [5, 5.41) is 2.36. The number of hydrogen-bond donors (Lipinski definition) is 1. The molecule has 12 heteroatoms. The van der Waals surface area contributed by atoms with Gasteiger partial charge in [-0.05, 0) is 89.8 Å². The fourth-order valence-corrected chi connectivity index (χ4v) is 7.03. The van der Waals surface area contributed by atoms with Crippen molar-refractivity contribution in [1.82, 2.24) is 19.4 Å². The van der Waals surface area contributed by atoms with Gasteiger partial charge in [-0.2, -0.15) is 0 Å². The summed E-state index contributed by atoms with van der Waals surface area (Å²) in [6.07, 6.45) is 6.70. The lowest BCUT2D eigenvalue weighted by Crippen LogP contribution is -2.44. The van der Waals surface area contributed by atoms with Crippen molar-refractivity contribution in [2.45, 2.75) is 102 Å². The van der Waals surface area contributed by atoms with E-state index < -0.39 is 17.6 Å². The van der Waals surface area contributed by atoms with E-state index in [1.807, 2.05) is 39.0 Å². The Hall–Kier alpha value is -3.38. The van der Waals surface area contributed by atoms with Gasteiger partial charge < -0.3 is 24.0 Å². The normalized spacial score (nSPS) is 25.4. The zero-order chi connectivity index (χ0) is 31.9. The summed E-state index contributed by atoms with van der Waals surface area (Å²) in [4.78, 5) is 53.6. The van der Waals surface area contributed by atoms with Gasteiger partial charge in [0.25, 0.3) is 0 Å². The zero-order valence-electron chi connectivity index (χ0n) is 27.0. The van der Waals surface area contributed by atoms with E-state index in [9.17, 15) is 19.2 Å². The van der Waals surface area contributed by atoms with Gasteiger partial charge in [0.15, 0.2) is 0 Å². The van der Waals surface area contributed by atoms with Gasteiger partial charge in [-0.1, -0.05) is 0 Å². The van der Waals surface area contributed by atoms with E-state index in [1.54, 1.807) is 16.5 Å². The molecule has 45 heavy (non-hydrogen) atoms. The van der Waals surface area contributed by atoms with E-state index in [-0.39, 0.29) is 36.3 Å². The van der Waals surface area contributed by atoms with E-state index >= 15 is 0 Å². The van der Waals surface area contributed by atoms with Gasteiger partial charge in [0.2, 0.25) is 11.8 Å². The van der Waals surface area contributed by atoms with Crippen LogP contribution in [0.4, 0.5) is 10.5 Å². The van der Waals surface area contributed by atoms with Crippen LogP contribution < -0.4 is 15.9 Å². The number of fused-ring (bicyclic) bond motifs is 1. The molecule has 3 amide bonds. The average Bonchev–Trinajstić information content (AvgIpc) is 3.22. The van der Waals surface area contributed by atoms with E-state index in [1.165, 1.54) is 4.57 Å². The Morgan fingerprint density at radius 3 is 2.27 bits per heavy atom. The van der Waals surface area contributed by atoms with E-state index in [0.717, 1.165) is 69.4 Å². The Bertz CT molecular complexity index is 1470. The summed E-state index contributed by atoms with van der Waals surface area (Å²) in [5.41, 5.74) is 1.80. The zero-order valence-corrected chi connectivity index (χ0v) is 27.0. The molecule has 0 spiro atoms. The maximum absolute atomic E-state index is 13.1. The lowest BCUT2D eigenvalue weighted by molar-refractivity contribution is -0.135. The van der Waals surface area contributed by atoms with Crippen LogP contribution in [0.15, 0.2) is 23.0 Å². The number of nitrogens with zero attached hydrogens (tertiary/aromatic N) is 4. The van der Waals surface area contributed by atoms with Crippen LogP contribution in [0.25, 0.3) is 11.0 Å². The molecule has 1 aliphatic carbocycles. The van der Waals surface area contributed by atoms with Crippen LogP contribution in [0.1, 0.15) is 78.2 Å². The molecule has 4 aliphatic rings. The maximum Gasteiger partial charge on any atom is 0.410 e. The molecule has 4 fully saturated rings. The molecule has 246 valence electrons. The monoisotopic (exact) mass is 625 g/mol. The SMILES string of the molecule is Cn1c(=O)n(C2CCC(=O)NC2=O)c2ccc(N3CCC(OC4CC(COC5CCN(C(=O)OC(C)(C)C)CC5)C4)CC3)cc21. The number of amides is 3. The summed E-state index contributed by atoms with van der Waals surface area (Å²) in [7, 11) is 1.73. The lowest BCUT2D eigenvalue weighted by atomic mass is 9.82. The molecule has 12 nitrogen and oxygen atoms in total. The highest BCUT2D eigenvalue weighted by Gasteiger charge is 2.35. The molecule has 3 saturated heterocycles. The van der Waals surface area contributed by atoms with E-state index in [0.29, 0.717) is 37.0 Å². The number of rotatable bonds is 7. The van der Waals surface area contributed by atoms with E-state index in [2.05, 4.69) is 10.2 Å². The number of nitrogens with one attached hydrogen (secondary N) is 1. The summed E-state index contributed by atoms with van der Waals surface area (Å²) >= 11 is 0. The number of anilines is 1. The van der Waals surface area contributed by atoms with E-state index in [4.69, 9.17) is 14.2 Å². The molecule has 6 rings (SSSR count). The number of benzene rings is 1. The highest BCUT2D eigenvalue weighted by Crippen LogP contribution is 2.34. The van der Waals surface area contributed by atoms with Gasteiger partial charge in [0.05, 0.1) is 29.3 Å². The van der Waals surface area contributed by atoms with Gasteiger partial charge in [-0.25, -0.2) is 9.59 Å². The van der Waals surface area contributed by atoms with Crippen molar-refractivity contribution >= 4 is 34.6 Å². The number of hydrogen-bond acceptors (Lipinski definition) is 8. The highest BCUT2D eigenvalue weighted by molar-refractivity contribution is 6.00. The van der Waals surface area contributed by atoms with Crippen molar-refractivity contribution < 1.29 is 28.6 Å². The Morgan fingerprint density at radius 1 is 0.911 bits per heavy atom. The van der Waals surface area contributed by atoms with Crippen molar-refractivity contribution in [3.8, 4) is 0 Å². The minimum Gasteiger partial charge on any atom is -0.444 e. The summed E-state index contributed by atoms with van der Waals surface area (Å²) < 4.78 is 21.3. The number of aryl methyl sites for hydroxylation is 1. The second-order valence-electron chi connectivity index (χ2n) is 14.1. The Morgan fingerprint density at radius 2 is 1.60 bits per heavy atom. The van der Waals surface area contributed by atoms with Gasteiger partial charge in [-0.15, -0.1) is 0 Å². The maximum atomic E-state index is 13.1. The van der Waals surface area contributed by atoms with Crippen molar-refractivity contribution in [1.29, 1.82) is 0 Å². The van der Waals surface area contributed by atoms with Crippen molar-refractivity contribution in [2.75, 3.05) is 37.7 Å². The summed E-state index contributed by atoms with van der Waals surface area (Å²) in [6, 6.07) is 5.28. The molecule has 3 aliphatic heterocycles. The van der Waals surface area contributed by atoms with Gasteiger partial charge in [-0.3, -0.25) is 24.0 Å². The molecule has 1 unspecified atom stereocenters. The first kappa shape index (κ1) is 31.6. The first-order valence-electron chi connectivity index (χ1n) is 16.5. The number of imide groups is 1. The number of carbonyl (C=O) groups is 3. The largest absolute Gasteiger partial charge is 0.444 e. The predicted octanol–water partition coefficient (Wildman–Crippen LogP) is 3.50. The molecule has 2 aromatic rings. The smallest absolute Gasteiger partial charge is 0.410 e. The third-order valence-corrected chi connectivity index (χ3v) is 9.64. The molecule has 1 saturated carbocycles. The van der Waals surface area contributed by atoms with Gasteiger partial charge in [0.1, 0.15) is 11.6 Å². The Balaban J connectivity index is 0.925. The molecule has 1 atom stereocenters. The number of piperidine rings is 3. The summed E-state index contributed by atoms with van der Waals surface area (Å²) in [6.45, 7) is 9.52. The molecule has 1 aromatic heterocycles. The van der Waals surface area contributed by atoms with Crippen LogP contribution in [0.2, 0.25) is 0 Å². The fraction of sp³-hybridized carbons (Fsp3) is 0.697. The Labute approximate surface area is 263 Å². The van der Waals surface area contributed by atoms with Crippen molar-refractivity contribution in [2.24, 2.45) is 13.0 Å². The van der Waals surface area contributed by atoms with Gasteiger partial charge >= 0.3 is 11.8 Å². The molecule has 1 aromatic carbocycles. The van der Waals surface area contributed by atoms with Crippen LogP contribution in [-0.2, 0) is 30.8 Å². The van der Waals surface area contributed by atoms with Gasteiger partial charge in [0, 0.05) is 51.9 Å². The van der Waals surface area contributed by atoms with Crippen LogP contribution in [0.5, 0.6) is 0 Å². The minimum absolute atomic E-state index is 0.200. The highest BCUT2D eigenvalue weighted by atomic mass is 16.6. The predicted molar refractivity (Wildman–Crippen MR) is 168 cm³/mol. The Kier molecular flexibility index (Phi) is 8.98. The molecular formula is C33H47N5O7. The molecular weight excluding hydrogens is 578 g/mol. The number of ether oxygens (including phenoxy) is 3. The van der Waals surface area contributed by atoms with Crippen LogP contribution in [-0.4, -0.2) is 88.6 Å². The summed E-state index contributed by atoms with van der Waals surface area (Å²) in [5.74, 6) is -0.185. The van der Waals surface area contributed by atoms with Crippen LogP contribution >= 0.6 is 0 Å². The molecule has 4 heterocycles. The molecule has 0 bridgehead atoms. The molecule has 1 N–H and O–H groups in total. The number of imidazole rings is 1. The lowest BCUT2D eigenvalue weighted by Gasteiger charge is -2.41. The second-order valence-corrected chi connectivity index (χ2v) is 14.1. The quantitative estimate of drug-likeness (QED) is 0.464.